The molecule has 49 heavy (non-hydrogen) atoms. The number of anilines is 2. The van der Waals surface area contributed by atoms with Gasteiger partial charge in [-0.3, -0.25) is 14.3 Å². The summed E-state index contributed by atoms with van der Waals surface area (Å²) in [5.41, 5.74) is 3.27. The van der Waals surface area contributed by atoms with Gasteiger partial charge in [-0.25, -0.2) is 0 Å². The number of aryl methyl sites for hydroxylation is 1. The van der Waals surface area contributed by atoms with Crippen LogP contribution < -0.4 is 19.7 Å². The molecule has 2 saturated heterocycles. The number of amides is 2. The number of aliphatic hydroxyl groups is 1. The first-order valence-corrected chi connectivity index (χ1v) is 20.8. The summed E-state index contributed by atoms with van der Waals surface area (Å²) in [6, 6.07) is 22.4. The first kappa shape index (κ1) is 33.6. The van der Waals surface area contributed by atoms with E-state index in [1.807, 2.05) is 64.3 Å². The van der Waals surface area contributed by atoms with Crippen molar-refractivity contribution in [1.82, 2.24) is 15.0 Å². The topological polar surface area (TPSA) is 110 Å². The van der Waals surface area contributed by atoms with E-state index in [-0.39, 0.29) is 36.0 Å². The Balaban J connectivity index is 1.25. The lowest BCUT2D eigenvalue weighted by Gasteiger charge is -2.37. The normalized spacial score (nSPS) is 23.3. The van der Waals surface area contributed by atoms with Gasteiger partial charge in [0, 0.05) is 60.4 Å². The standard InChI is InChI=1S/C37H42BrN5O5Si/c1-24-35(49(3,4)30-12-10-29(47-2)11-13-30)33(15-18-41-23-27(17-20-44)39-40-41)48-37(24)31-21-26(38)7-14-32(31)43(36(37)46)22-25-5-8-28(9-6-25)42-19-16-34(42)45/h5-14,21,23-24,33,35,44H,15-20,22H2,1-4H3/t24-,33+,35-,37+/m0/s1. The highest BCUT2D eigenvalue weighted by molar-refractivity contribution is 9.10. The van der Waals surface area contributed by atoms with Gasteiger partial charge in [0.15, 0.2) is 5.60 Å². The van der Waals surface area contributed by atoms with Crippen molar-refractivity contribution < 1.29 is 24.2 Å². The zero-order valence-electron chi connectivity index (χ0n) is 28.3. The number of benzene rings is 3. The number of nitrogens with zero attached hydrogens (tertiary/aromatic N) is 5. The second-order valence-electron chi connectivity index (χ2n) is 13.9. The van der Waals surface area contributed by atoms with Crippen LogP contribution in [0.15, 0.2) is 77.4 Å². The number of halogens is 1. The van der Waals surface area contributed by atoms with Crippen LogP contribution in [0.2, 0.25) is 18.6 Å². The molecular formula is C37H42BrN5O5Si. The zero-order chi connectivity index (χ0) is 34.5. The number of aliphatic hydroxyl groups excluding tert-OH is 1. The Morgan fingerprint density at radius 1 is 1.08 bits per heavy atom. The molecule has 7 rings (SSSR count). The first-order chi connectivity index (χ1) is 23.6. The lowest BCUT2D eigenvalue weighted by Crippen LogP contribution is -2.51. The molecule has 1 N–H and O–H groups in total. The van der Waals surface area contributed by atoms with E-state index in [1.165, 1.54) is 5.19 Å². The lowest BCUT2D eigenvalue weighted by molar-refractivity contribution is -0.146. The molecule has 10 nitrogen and oxygen atoms in total. The van der Waals surface area contributed by atoms with Crippen molar-refractivity contribution in [2.75, 3.05) is 30.1 Å². The molecule has 4 atom stereocenters. The highest BCUT2D eigenvalue weighted by Crippen LogP contribution is 2.60. The molecule has 4 aromatic rings. The minimum absolute atomic E-state index is 0.0179. The predicted octanol–water partition coefficient (Wildman–Crippen LogP) is 5.17. The molecule has 3 aliphatic heterocycles. The fraction of sp³-hybridized carbons (Fsp3) is 0.405. The molecule has 3 aliphatic rings. The summed E-state index contributed by atoms with van der Waals surface area (Å²) in [5, 5.41) is 19.2. The smallest absolute Gasteiger partial charge is 0.264 e. The van der Waals surface area contributed by atoms with Gasteiger partial charge in [0.05, 0.1) is 39.2 Å². The number of hydrogen-bond donors (Lipinski definition) is 1. The molecule has 1 spiro atoms. The summed E-state index contributed by atoms with van der Waals surface area (Å²) < 4.78 is 15.4. The van der Waals surface area contributed by atoms with Gasteiger partial charge in [-0.1, -0.05) is 70.6 Å². The van der Waals surface area contributed by atoms with E-state index in [0.717, 1.165) is 45.0 Å². The first-order valence-electron chi connectivity index (χ1n) is 16.9. The van der Waals surface area contributed by atoms with E-state index in [9.17, 15) is 9.90 Å². The maximum absolute atomic E-state index is 15.1. The Morgan fingerprint density at radius 2 is 1.84 bits per heavy atom. The Morgan fingerprint density at radius 3 is 2.49 bits per heavy atom. The van der Waals surface area contributed by atoms with E-state index in [1.54, 1.807) is 12.0 Å². The van der Waals surface area contributed by atoms with Gasteiger partial charge in [0.2, 0.25) is 5.91 Å². The highest BCUT2D eigenvalue weighted by Gasteiger charge is 2.66. The maximum atomic E-state index is 15.1. The molecule has 3 aromatic carbocycles. The van der Waals surface area contributed by atoms with Gasteiger partial charge >= 0.3 is 0 Å². The van der Waals surface area contributed by atoms with Crippen molar-refractivity contribution in [3.05, 3.63) is 94.2 Å². The second kappa shape index (κ2) is 13.1. The van der Waals surface area contributed by atoms with Crippen LogP contribution in [-0.4, -0.2) is 66.4 Å². The van der Waals surface area contributed by atoms with Crippen LogP contribution in [0.4, 0.5) is 11.4 Å². The van der Waals surface area contributed by atoms with Crippen LogP contribution in [0, 0.1) is 5.92 Å². The molecule has 256 valence electrons. The lowest BCUT2D eigenvalue weighted by atomic mass is 9.82. The molecule has 2 fully saturated rings. The number of β-lactam (4-membered cyclic amide) rings is 1. The average molecular weight is 745 g/mol. The summed E-state index contributed by atoms with van der Waals surface area (Å²) in [5.74, 6) is 0.767. The summed E-state index contributed by atoms with van der Waals surface area (Å²) in [7, 11) is -0.627. The largest absolute Gasteiger partial charge is 0.497 e. The highest BCUT2D eigenvalue weighted by atomic mass is 79.9. The number of rotatable bonds is 11. The van der Waals surface area contributed by atoms with E-state index in [0.29, 0.717) is 32.4 Å². The van der Waals surface area contributed by atoms with Crippen LogP contribution in [0.5, 0.6) is 5.75 Å². The summed E-state index contributed by atoms with van der Waals surface area (Å²) in [6.45, 7) is 8.67. The van der Waals surface area contributed by atoms with Gasteiger partial charge in [-0.05, 0) is 60.0 Å². The van der Waals surface area contributed by atoms with Crippen LogP contribution in [0.25, 0.3) is 0 Å². The quantitative estimate of drug-likeness (QED) is 0.167. The van der Waals surface area contributed by atoms with Gasteiger partial charge in [-0.2, -0.15) is 0 Å². The maximum Gasteiger partial charge on any atom is 0.264 e. The number of fused-ring (bicyclic) bond motifs is 2. The molecule has 0 saturated carbocycles. The molecule has 12 heteroatoms. The van der Waals surface area contributed by atoms with E-state index >= 15 is 4.79 Å². The van der Waals surface area contributed by atoms with E-state index in [2.05, 4.69) is 64.5 Å². The third-order valence-corrected chi connectivity index (χ3v) is 15.7. The zero-order valence-corrected chi connectivity index (χ0v) is 30.9. The third kappa shape index (κ3) is 5.82. The number of hydrogen-bond acceptors (Lipinski definition) is 7. The molecule has 0 bridgehead atoms. The van der Waals surface area contributed by atoms with Gasteiger partial charge in [-0.15, -0.1) is 5.10 Å². The number of ether oxygens (including phenoxy) is 2. The molecule has 2 amide bonds. The van der Waals surface area contributed by atoms with E-state index in [4.69, 9.17) is 9.47 Å². The van der Waals surface area contributed by atoms with Crippen molar-refractivity contribution in [2.45, 2.75) is 69.6 Å². The van der Waals surface area contributed by atoms with Crippen molar-refractivity contribution >= 4 is 52.4 Å². The van der Waals surface area contributed by atoms with Crippen LogP contribution in [0.1, 0.15) is 36.6 Å². The predicted molar refractivity (Wildman–Crippen MR) is 194 cm³/mol. The summed E-state index contributed by atoms with van der Waals surface area (Å²) in [4.78, 5) is 30.7. The summed E-state index contributed by atoms with van der Waals surface area (Å²) in [6.07, 6.45) is 3.34. The number of aromatic nitrogens is 3. The number of carbonyl (C=O) groups is 2. The molecular weight excluding hydrogens is 702 g/mol. The molecule has 0 radical (unpaired) electrons. The van der Waals surface area contributed by atoms with Crippen LogP contribution >= 0.6 is 15.9 Å². The Labute approximate surface area is 296 Å². The minimum atomic E-state index is -2.30. The minimum Gasteiger partial charge on any atom is -0.497 e. The van der Waals surface area contributed by atoms with Crippen molar-refractivity contribution in [3.63, 3.8) is 0 Å². The fourth-order valence-electron chi connectivity index (χ4n) is 8.20. The molecule has 1 aromatic heterocycles. The van der Waals surface area contributed by atoms with Crippen LogP contribution in [0.3, 0.4) is 0 Å². The van der Waals surface area contributed by atoms with E-state index < -0.39 is 13.7 Å². The molecule has 4 heterocycles. The summed E-state index contributed by atoms with van der Waals surface area (Å²) >= 11 is 3.70. The Kier molecular flexibility index (Phi) is 9.01. The SMILES string of the molecule is COc1ccc([Si](C)(C)[C@@H]2[C@@H](CCn3cc(CCO)nn3)O[C@]3(C(=O)N(Cc4ccc(N5CCC5=O)cc4)c4ccc(Br)cc43)[C@H]2C)cc1. The second-order valence-corrected chi connectivity index (χ2v) is 19.5. The van der Waals surface area contributed by atoms with Crippen molar-refractivity contribution in [1.29, 1.82) is 0 Å². The van der Waals surface area contributed by atoms with Crippen LogP contribution in [-0.2, 0) is 39.4 Å². The number of carbonyl (C=O) groups excluding carboxylic acids is 2. The molecule has 0 unspecified atom stereocenters. The third-order valence-electron chi connectivity index (χ3n) is 10.8. The van der Waals surface area contributed by atoms with Gasteiger partial charge in [0.1, 0.15) is 5.75 Å². The van der Waals surface area contributed by atoms with Crippen molar-refractivity contribution in [2.24, 2.45) is 5.92 Å². The Bertz CT molecular complexity index is 1870. The van der Waals surface area contributed by atoms with Crippen molar-refractivity contribution in [3.8, 4) is 5.75 Å². The monoisotopic (exact) mass is 743 g/mol. The molecule has 0 aliphatic carbocycles. The fourth-order valence-corrected chi connectivity index (χ4v) is 12.6. The average Bonchev–Trinajstić information content (AvgIpc) is 3.74. The van der Waals surface area contributed by atoms with Gasteiger partial charge < -0.3 is 24.4 Å². The van der Waals surface area contributed by atoms with Gasteiger partial charge in [0.25, 0.3) is 5.91 Å². The number of methoxy groups -OCH3 is 1. The Hall–Kier alpha value is -3.84.